The number of nitrogens with one attached hydrogen (secondary N) is 14. The fourth-order valence-electron chi connectivity index (χ4n) is 12.4. The Morgan fingerprint density at radius 2 is 0.926 bits per heavy atom. The molecule has 680 valence electrons. The monoisotopic (exact) mass is 1740 g/mol. The number of hydrogen-bond acceptors (Lipinski definition) is 27. The molecule has 16 amide bonds. The Kier molecular flexibility index (Phi) is 46.0. The summed E-state index contributed by atoms with van der Waals surface area (Å²) in [6, 6.07) is -9.01. The zero-order chi connectivity index (χ0) is 91.8. The van der Waals surface area contributed by atoms with Gasteiger partial charge in [0.2, 0.25) is 94.5 Å². The number of carboxylic acids is 2. The molecule has 0 saturated carbocycles. The number of nitrogens with zero attached hydrogens (tertiary/aromatic N) is 1. The lowest BCUT2D eigenvalue weighted by Gasteiger charge is -2.32. The fraction of sp³-hybridized carbons (Fsp3) is 0.610. The van der Waals surface area contributed by atoms with E-state index in [4.69, 9.17) is 17.2 Å². The van der Waals surface area contributed by atoms with Crippen molar-refractivity contribution in [2.24, 2.45) is 29.0 Å². The number of aliphatic hydroxyl groups is 5. The molecule has 1 aliphatic rings. The molecule has 44 nitrogen and oxygen atoms in total. The molecule has 1 aliphatic heterocycles. The minimum absolute atomic E-state index is 0.00272. The van der Waals surface area contributed by atoms with Crippen molar-refractivity contribution < 1.29 is 127 Å². The molecule has 45 heteroatoms. The van der Waals surface area contributed by atoms with Crippen molar-refractivity contribution in [3.05, 3.63) is 65.7 Å². The highest BCUT2D eigenvalue weighted by atomic mass is 32.2. The quantitative estimate of drug-likeness (QED) is 0.0274. The Morgan fingerprint density at radius 3 is 1.43 bits per heavy atom. The minimum atomic E-state index is -2.05. The summed E-state index contributed by atoms with van der Waals surface area (Å²) in [5.41, 5.74) is 18.3. The van der Waals surface area contributed by atoms with Crippen molar-refractivity contribution in [1.82, 2.24) is 79.3 Å². The number of benzene rings is 2. The molecule has 17 atom stereocenters. The van der Waals surface area contributed by atoms with Gasteiger partial charge >= 0.3 is 11.9 Å². The number of unbranched alkanes of at least 4 members (excludes halogenated alkanes) is 1. The van der Waals surface area contributed by atoms with Gasteiger partial charge in [-0.3, -0.25) is 81.5 Å². The van der Waals surface area contributed by atoms with Gasteiger partial charge in [-0.05, 0) is 139 Å². The predicted octanol–water partition coefficient (Wildman–Crippen LogP) is -8.53. The van der Waals surface area contributed by atoms with E-state index in [-0.39, 0.29) is 88.3 Å². The molecule has 1 fully saturated rings. The molecule has 1 heterocycles. The molecule has 0 radical (unpaired) electrons. The van der Waals surface area contributed by atoms with E-state index in [9.17, 15) is 127 Å². The van der Waals surface area contributed by atoms with Crippen LogP contribution < -0.4 is 91.6 Å². The van der Waals surface area contributed by atoms with Gasteiger partial charge in [0.1, 0.15) is 78.3 Å². The third-order valence-electron chi connectivity index (χ3n) is 19.2. The smallest absolute Gasteiger partial charge is 0.328 e. The summed E-state index contributed by atoms with van der Waals surface area (Å²) < 4.78 is 0. The number of aliphatic hydroxyl groups excluding tert-OH is 5. The second kappa shape index (κ2) is 53.5. The largest absolute Gasteiger partial charge is 0.508 e. The van der Waals surface area contributed by atoms with Crippen molar-refractivity contribution >= 4 is 118 Å². The number of amides is 16. The first kappa shape index (κ1) is 105. The molecule has 0 aliphatic carbocycles. The van der Waals surface area contributed by atoms with Crippen LogP contribution in [0.3, 0.4) is 0 Å². The molecule has 3 rings (SSSR count). The van der Waals surface area contributed by atoms with Crippen LogP contribution in [0, 0.1) is 11.8 Å². The van der Waals surface area contributed by atoms with Crippen molar-refractivity contribution in [3.63, 3.8) is 0 Å². The number of phenolic OH excluding ortho intramolecular Hbond substituents is 1. The van der Waals surface area contributed by atoms with E-state index in [1.54, 1.807) is 76.4 Å². The van der Waals surface area contributed by atoms with Gasteiger partial charge < -0.3 is 137 Å². The average molecular weight is 1750 g/mol. The molecule has 2 aromatic rings. The lowest BCUT2D eigenvalue weighted by molar-refractivity contribution is -0.145. The van der Waals surface area contributed by atoms with Crippen molar-refractivity contribution in [2.75, 3.05) is 51.4 Å². The topological polar surface area (TPSA) is 719 Å². The second-order valence-corrected chi connectivity index (χ2v) is 31.1. The molecule has 2 aromatic carbocycles. The summed E-state index contributed by atoms with van der Waals surface area (Å²) in [7, 11) is 0. The molecular formula is C77H120N18O26S. The molecule has 3 unspecified atom stereocenters. The van der Waals surface area contributed by atoms with Gasteiger partial charge in [-0.15, -0.1) is 0 Å². The van der Waals surface area contributed by atoms with E-state index >= 15 is 0 Å². The first-order chi connectivity index (χ1) is 57.5. The van der Waals surface area contributed by atoms with E-state index in [1.165, 1.54) is 23.9 Å². The Labute approximate surface area is 708 Å². The number of aliphatic carboxylic acids is 2. The Balaban J connectivity index is 1.81. The van der Waals surface area contributed by atoms with Gasteiger partial charge in [0.05, 0.1) is 50.7 Å². The van der Waals surface area contributed by atoms with Gasteiger partial charge in [0.15, 0.2) is 6.04 Å². The zero-order valence-electron chi connectivity index (χ0n) is 69.3. The maximum atomic E-state index is 14.4. The van der Waals surface area contributed by atoms with Crippen molar-refractivity contribution in [2.45, 2.75) is 235 Å². The van der Waals surface area contributed by atoms with Crippen LogP contribution in [0.25, 0.3) is 0 Å². The van der Waals surface area contributed by atoms with Gasteiger partial charge in [-0.2, -0.15) is 11.8 Å². The molecule has 0 spiro atoms. The highest BCUT2D eigenvalue weighted by Crippen LogP contribution is 2.22. The SMILES string of the molecule is CSCC[C@H](NC(=O)[C@H](Cc1ccccc1)NC(=O)CNC(=O)CNC(=O)[C@@H](N)Cc1ccc(O)cc1)C(=O)N[C@H](C(=O)N[C@@H](CO)C(=O)N[C@@H](CCC(=O)O)C(=O)N[C@@H](CCCCN)C(=O)N[C@@H](CO)C(=O)N[C@@H](CCC(N)=O)C(=O)N[C@H](C(=O)N1CCC[C@H]1C(=O)N[C@@H](CC(C)C)C(=O)N[C@H](C(=O)N[C@H](C(=O)O)C(C)O)C(C)C)C(C)O)C(C)O. The van der Waals surface area contributed by atoms with Gasteiger partial charge in [0, 0.05) is 25.8 Å². The first-order valence-electron chi connectivity index (χ1n) is 39.7. The number of carbonyl (C=O) groups is 18. The fourth-order valence-corrected chi connectivity index (χ4v) is 12.8. The van der Waals surface area contributed by atoms with E-state index in [1.807, 2.05) is 0 Å². The summed E-state index contributed by atoms with van der Waals surface area (Å²) in [6.45, 7) is 5.99. The van der Waals surface area contributed by atoms with Crippen molar-refractivity contribution in [3.8, 4) is 5.75 Å². The number of carbonyl (C=O) groups excluding carboxylic acids is 16. The molecule has 1 saturated heterocycles. The lowest BCUT2D eigenvalue weighted by Crippen LogP contribution is -2.63. The lowest BCUT2D eigenvalue weighted by atomic mass is 9.99. The second-order valence-electron chi connectivity index (χ2n) is 30.1. The summed E-state index contributed by atoms with van der Waals surface area (Å²) in [6.07, 6.45) is -6.27. The number of rotatable bonds is 55. The van der Waals surface area contributed by atoms with Crippen LogP contribution in [0.2, 0.25) is 0 Å². The summed E-state index contributed by atoms with van der Waals surface area (Å²) in [4.78, 5) is 245. The molecular weight excluding hydrogens is 1630 g/mol. The number of carboxylic acid groups (broad SMARTS) is 2. The van der Waals surface area contributed by atoms with Crippen LogP contribution in [0.4, 0.5) is 0 Å². The van der Waals surface area contributed by atoms with Gasteiger partial charge in [0.25, 0.3) is 0 Å². The number of aromatic hydroxyl groups is 1. The Bertz CT molecular complexity index is 3880. The Morgan fingerprint density at radius 1 is 0.475 bits per heavy atom. The average Bonchev–Trinajstić information content (AvgIpc) is 1.63. The van der Waals surface area contributed by atoms with Crippen LogP contribution in [-0.4, -0.2) is 307 Å². The molecule has 122 heavy (non-hydrogen) atoms. The number of phenols is 1. The van der Waals surface area contributed by atoms with E-state index < -0.39 is 267 Å². The van der Waals surface area contributed by atoms with Crippen LogP contribution in [0.1, 0.15) is 130 Å². The first-order valence-corrected chi connectivity index (χ1v) is 41.1. The number of thioether (sulfide) groups is 1. The van der Waals surface area contributed by atoms with Crippen LogP contribution >= 0.6 is 11.8 Å². The normalized spacial score (nSPS) is 16.4. The Hall–Kier alpha value is -11.2. The van der Waals surface area contributed by atoms with Crippen molar-refractivity contribution in [1.29, 1.82) is 0 Å². The van der Waals surface area contributed by atoms with Gasteiger partial charge in [-0.1, -0.05) is 70.2 Å². The van der Waals surface area contributed by atoms with Gasteiger partial charge in [-0.25, -0.2) is 4.79 Å². The van der Waals surface area contributed by atoms with Crippen LogP contribution in [-0.2, 0) is 99.1 Å². The maximum Gasteiger partial charge on any atom is 0.328 e. The van der Waals surface area contributed by atoms with Crippen LogP contribution in [0.5, 0.6) is 5.75 Å². The number of likely N-dealkylation sites (tertiary alicyclic amines) is 1. The maximum absolute atomic E-state index is 14.4. The number of hydrogen-bond donors (Lipinski definition) is 25. The molecule has 0 aromatic heterocycles. The highest BCUT2D eigenvalue weighted by molar-refractivity contribution is 7.98. The van der Waals surface area contributed by atoms with E-state index in [2.05, 4.69) is 74.4 Å². The summed E-state index contributed by atoms with van der Waals surface area (Å²) in [5.74, 6) is -20.6. The van der Waals surface area contributed by atoms with Crippen LogP contribution in [0.15, 0.2) is 54.6 Å². The van der Waals surface area contributed by atoms with E-state index in [0.717, 1.165) is 25.7 Å². The molecule has 0 bridgehead atoms. The number of nitrogens with two attached hydrogens (primary N) is 3. The zero-order valence-corrected chi connectivity index (χ0v) is 70.1. The third kappa shape index (κ3) is 36.6. The number of primary amides is 1. The summed E-state index contributed by atoms with van der Waals surface area (Å²) in [5, 5.41) is 115. The predicted molar refractivity (Wildman–Crippen MR) is 436 cm³/mol. The third-order valence-corrected chi connectivity index (χ3v) is 19.8. The van der Waals surface area contributed by atoms with E-state index in [0.29, 0.717) is 11.1 Å². The minimum Gasteiger partial charge on any atom is -0.508 e. The highest BCUT2D eigenvalue weighted by Gasteiger charge is 2.43. The standard InChI is InChI=1S/C77H120N18O26S/c1-38(2)31-51(70(113)91-60(39(3)4)74(117)94-63(42(7)100)77(120)121)88-73(116)55-18-14-29-95(55)76(119)62(41(6)99)93-67(110)48(23-25-56(80)102)85-71(114)53(36-96)89-65(108)47(17-12-13-28-78)84-66(109)49(24-26-59(105)106)86-72(115)54(37-97)90-75(118)61(40(5)98)92-68(111)50(27-30-122-8)87-69(112)52(33-43-15-10-9-11-16-43)83-58(104)35-81-57(103)34-82-64(107)46(79)32-44-19-21-45(101)22-20-44/h9-11,15-16,19-22,38-42,46-55,60-63,96-101H,12-14,17-18,23-37,78-79H2,1-8H3,(H2,80,102)(H,81,103)(H,82,107)(H,83,104)(H,84,109)(H,85,114)(H,86,115)(H,87,112)(H,88,116)(H,89,108)(H,90,118)(H,91,113)(H,92,111)(H,93,110)(H,94,117)(H,105,106)(H,120,121)/t40?,41?,42?,46-,47-,48-,49-,50-,51-,52-,53-,54-,55-,60-,61-,62-,63-/m0/s1. The molecule has 28 N–H and O–H groups in total. The summed E-state index contributed by atoms with van der Waals surface area (Å²) >= 11 is 1.24.